The predicted molar refractivity (Wildman–Crippen MR) is 122 cm³/mol. The maximum absolute atomic E-state index is 5.49. The topological polar surface area (TPSA) is 58.1 Å². The molecule has 0 aromatic rings. The summed E-state index contributed by atoms with van der Waals surface area (Å²) in [6.45, 7) is 6.42. The average molecular weight is 500 g/mol. The largest absolute Gasteiger partial charge is 0.382 e. The Hall–Kier alpha value is 0.230. The highest BCUT2D eigenvalue weighted by Crippen LogP contribution is 2.36. The Labute approximate surface area is 180 Å². The summed E-state index contributed by atoms with van der Waals surface area (Å²) in [5.74, 6) is 3.46. The van der Waals surface area contributed by atoms with Crippen LogP contribution in [0.15, 0.2) is 4.99 Å². The molecule has 0 unspecified atom stereocenters. The van der Waals surface area contributed by atoms with E-state index in [-0.39, 0.29) is 24.0 Å². The fourth-order valence-corrected chi connectivity index (χ4v) is 4.67. The van der Waals surface area contributed by atoms with Crippen molar-refractivity contribution in [3.8, 4) is 0 Å². The zero-order chi connectivity index (χ0) is 17.8. The first-order chi connectivity index (χ1) is 12.3. The summed E-state index contributed by atoms with van der Waals surface area (Å²) in [6.07, 6.45) is 6.31. The van der Waals surface area contributed by atoms with Crippen molar-refractivity contribution in [3.63, 3.8) is 0 Å². The van der Waals surface area contributed by atoms with Crippen molar-refractivity contribution in [2.75, 3.05) is 71.7 Å². The van der Waals surface area contributed by atoms with Crippen LogP contribution in [0.5, 0.6) is 0 Å². The van der Waals surface area contributed by atoms with Crippen LogP contribution < -0.4 is 10.6 Å². The zero-order valence-corrected chi connectivity index (χ0v) is 19.6. The van der Waals surface area contributed by atoms with Gasteiger partial charge in [-0.25, -0.2) is 0 Å². The summed E-state index contributed by atoms with van der Waals surface area (Å²) in [4.78, 5) is 7.12. The van der Waals surface area contributed by atoms with E-state index in [1.54, 1.807) is 7.11 Å². The molecular weight excluding hydrogens is 463 g/mol. The molecule has 8 heteroatoms. The van der Waals surface area contributed by atoms with Crippen LogP contribution in [0.2, 0.25) is 0 Å². The Bertz CT molecular complexity index is 389. The van der Waals surface area contributed by atoms with Gasteiger partial charge in [0.25, 0.3) is 0 Å². The van der Waals surface area contributed by atoms with Crippen LogP contribution in [0, 0.1) is 0 Å². The van der Waals surface area contributed by atoms with E-state index < -0.39 is 0 Å². The number of ether oxygens (including phenoxy) is 2. The van der Waals surface area contributed by atoms with E-state index in [0.717, 1.165) is 32.1 Å². The number of thioether (sulfide) groups is 1. The number of hydrogen-bond donors (Lipinski definition) is 2. The predicted octanol–water partition coefficient (Wildman–Crippen LogP) is 2.18. The number of guanidine groups is 1. The fourth-order valence-electron chi connectivity index (χ4n) is 3.77. The first-order valence-electron chi connectivity index (χ1n) is 9.65. The van der Waals surface area contributed by atoms with E-state index in [0.29, 0.717) is 18.8 Å². The summed E-state index contributed by atoms with van der Waals surface area (Å²) in [5.41, 5.74) is 0.335. The molecule has 154 valence electrons. The van der Waals surface area contributed by atoms with Crippen molar-refractivity contribution < 1.29 is 9.47 Å². The van der Waals surface area contributed by atoms with Crippen molar-refractivity contribution in [1.29, 1.82) is 0 Å². The van der Waals surface area contributed by atoms with E-state index in [2.05, 4.69) is 32.3 Å². The van der Waals surface area contributed by atoms with Crippen LogP contribution in [0.4, 0.5) is 0 Å². The summed E-state index contributed by atoms with van der Waals surface area (Å²) in [6, 6.07) is 0. The third-order valence-corrected chi connectivity index (χ3v) is 6.16. The van der Waals surface area contributed by atoms with Gasteiger partial charge in [0.2, 0.25) is 0 Å². The molecule has 1 aliphatic carbocycles. The number of nitrogens with zero attached hydrogens (tertiary/aromatic N) is 2. The third kappa shape index (κ3) is 8.08. The number of hydrogen-bond acceptors (Lipinski definition) is 5. The Morgan fingerprint density at radius 2 is 1.85 bits per heavy atom. The second kappa shape index (κ2) is 14.3. The molecule has 1 aliphatic heterocycles. The van der Waals surface area contributed by atoms with Crippen LogP contribution in [0.1, 0.15) is 32.1 Å². The van der Waals surface area contributed by atoms with Crippen LogP contribution in [0.3, 0.4) is 0 Å². The molecular formula is C18H37IN4O2S. The molecule has 26 heavy (non-hydrogen) atoms. The molecule has 1 saturated heterocycles. The van der Waals surface area contributed by atoms with Crippen molar-refractivity contribution in [2.45, 2.75) is 37.6 Å². The minimum absolute atomic E-state index is 0. The van der Waals surface area contributed by atoms with Gasteiger partial charge in [-0.3, -0.25) is 9.89 Å². The smallest absolute Gasteiger partial charge is 0.191 e. The molecule has 0 aromatic carbocycles. The average Bonchev–Trinajstić information content (AvgIpc) is 3.14. The molecule has 0 atom stereocenters. The Morgan fingerprint density at radius 3 is 2.50 bits per heavy atom. The molecule has 2 fully saturated rings. The van der Waals surface area contributed by atoms with Gasteiger partial charge in [-0.15, -0.1) is 24.0 Å². The number of aliphatic imine (C=N–C) groups is 1. The van der Waals surface area contributed by atoms with Gasteiger partial charge in [0, 0.05) is 64.0 Å². The lowest BCUT2D eigenvalue weighted by molar-refractivity contribution is 0.0698. The van der Waals surface area contributed by atoms with E-state index in [1.807, 2.05) is 7.05 Å². The molecule has 0 spiro atoms. The number of halogens is 1. The lowest BCUT2D eigenvalue weighted by Gasteiger charge is -2.43. The SMILES string of the molecule is CN=C(NCCCOCCOC)NCC1(N2CCSCC2)CCCC1.I. The second-order valence-electron chi connectivity index (χ2n) is 6.84. The monoisotopic (exact) mass is 500 g/mol. The van der Waals surface area contributed by atoms with Gasteiger partial charge in [0.1, 0.15) is 0 Å². The molecule has 0 radical (unpaired) electrons. The summed E-state index contributed by atoms with van der Waals surface area (Å²) in [5, 5.41) is 7.00. The quantitative estimate of drug-likeness (QED) is 0.208. The van der Waals surface area contributed by atoms with E-state index in [9.17, 15) is 0 Å². The molecule has 1 saturated carbocycles. The summed E-state index contributed by atoms with van der Waals surface area (Å²) < 4.78 is 10.5. The minimum Gasteiger partial charge on any atom is -0.382 e. The first-order valence-corrected chi connectivity index (χ1v) is 10.8. The minimum atomic E-state index is 0. The zero-order valence-electron chi connectivity index (χ0n) is 16.4. The normalized spacial score (nSPS) is 20.6. The van der Waals surface area contributed by atoms with Crippen LogP contribution in [0.25, 0.3) is 0 Å². The van der Waals surface area contributed by atoms with Crippen molar-refractivity contribution in [3.05, 3.63) is 0 Å². The highest BCUT2D eigenvalue weighted by molar-refractivity contribution is 14.0. The molecule has 1 heterocycles. The fraction of sp³-hybridized carbons (Fsp3) is 0.944. The van der Waals surface area contributed by atoms with Gasteiger partial charge in [0.15, 0.2) is 5.96 Å². The summed E-state index contributed by atoms with van der Waals surface area (Å²) >= 11 is 2.09. The van der Waals surface area contributed by atoms with Crippen molar-refractivity contribution in [2.24, 2.45) is 4.99 Å². The molecule has 2 rings (SSSR count). The number of methoxy groups -OCH3 is 1. The Morgan fingerprint density at radius 1 is 1.12 bits per heavy atom. The van der Waals surface area contributed by atoms with E-state index >= 15 is 0 Å². The third-order valence-electron chi connectivity index (χ3n) is 5.21. The van der Waals surface area contributed by atoms with Gasteiger partial charge < -0.3 is 20.1 Å². The molecule has 6 nitrogen and oxygen atoms in total. The van der Waals surface area contributed by atoms with Gasteiger partial charge in [-0.1, -0.05) is 12.8 Å². The van der Waals surface area contributed by atoms with Crippen LogP contribution >= 0.6 is 35.7 Å². The maximum atomic E-state index is 5.49. The maximum Gasteiger partial charge on any atom is 0.191 e. The Balaban J connectivity index is 0.00000338. The van der Waals surface area contributed by atoms with Crippen LogP contribution in [-0.4, -0.2) is 88.1 Å². The Kier molecular flexibility index (Phi) is 13.3. The van der Waals surface area contributed by atoms with Gasteiger partial charge >= 0.3 is 0 Å². The molecule has 0 aromatic heterocycles. The van der Waals surface area contributed by atoms with Gasteiger partial charge in [0.05, 0.1) is 13.2 Å². The van der Waals surface area contributed by atoms with E-state index in [1.165, 1.54) is 50.3 Å². The standard InChI is InChI=1S/C18H36N4O2S.HI/c1-19-17(20-8-5-11-24-13-12-23-2)21-16-18(6-3-4-7-18)22-9-14-25-15-10-22;/h3-16H2,1-2H3,(H2,19,20,21);1H. The molecule has 0 amide bonds. The molecule has 2 aliphatic rings. The summed E-state index contributed by atoms with van der Waals surface area (Å²) in [7, 11) is 3.55. The van der Waals surface area contributed by atoms with Crippen LogP contribution in [-0.2, 0) is 9.47 Å². The van der Waals surface area contributed by atoms with E-state index in [4.69, 9.17) is 9.47 Å². The lowest BCUT2D eigenvalue weighted by atomic mass is 9.94. The highest BCUT2D eigenvalue weighted by atomic mass is 127. The second-order valence-corrected chi connectivity index (χ2v) is 8.07. The highest BCUT2D eigenvalue weighted by Gasteiger charge is 2.39. The number of nitrogens with one attached hydrogen (secondary N) is 2. The molecule has 0 bridgehead atoms. The first kappa shape index (κ1) is 24.3. The van der Waals surface area contributed by atoms with Crippen molar-refractivity contribution in [1.82, 2.24) is 15.5 Å². The number of rotatable bonds is 10. The van der Waals surface area contributed by atoms with Gasteiger partial charge in [-0.2, -0.15) is 11.8 Å². The lowest BCUT2D eigenvalue weighted by Crippen LogP contribution is -2.57. The molecule has 2 N–H and O–H groups in total. The van der Waals surface area contributed by atoms with Gasteiger partial charge in [-0.05, 0) is 19.3 Å². The van der Waals surface area contributed by atoms with Crippen molar-refractivity contribution >= 4 is 41.7 Å².